The summed E-state index contributed by atoms with van der Waals surface area (Å²) in [5, 5.41) is 3.18. The Labute approximate surface area is 99.3 Å². The summed E-state index contributed by atoms with van der Waals surface area (Å²) in [5.41, 5.74) is 5.84. The maximum atomic E-state index is 5.85. The number of guanidine groups is 1. The third-order valence-electron chi connectivity index (χ3n) is 2.78. The average molecular weight is 226 g/mol. The lowest BCUT2D eigenvalue weighted by atomic mass is 10.1. The van der Waals surface area contributed by atoms with Crippen LogP contribution in [0.15, 0.2) is 4.99 Å². The monoisotopic (exact) mass is 226 g/mol. The van der Waals surface area contributed by atoms with E-state index in [1.165, 1.54) is 12.8 Å². The minimum atomic E-state index is -0.0131. The Morgan fingerprint density at radius 3 is 2.38 bits per heavy atom. The Kier molecular flexibility index (Phi) is 4.19. The maximum absolute atomic E-state index is 5.85. The van der Waals surface area contributed by atoms with Gasteiger partial charge in [0, 0.05) is 11.6 Å². The quantitative estimate of drug-likeness (QED) is 0.556. The molecule has 1 fully saturated rings. The van der Waals surface area contributed by atoms with Gasteiger partial charge in [0.15, 0.2) is 5.96 Å². The van der Waals surface area contributed by atoms with E-state index in [4.69, 9.17) is 5.73 Å². The van der Waals surface area contributed by atoms with E-state index < -0.39 is 0 Å². The standard InChI is InChI=1S/C12H26N4/c1-12(2,3)15-11(13)14-8-10(16(4)5)9-6-7-9/h9-10H,6-8H2,1-5H3,(H3,13,14,15). The molecule has 94 valence electrons. The molecule has 0 aromatic rings. The summed E-state index contributed by atoms with van der Waals surface area (Å²) in [6.07, 6.45) is 2.68. The summed E-state index contributed by atoms with van der Waals surface area (Å²) >= 11 is 0. The van der Waals surface area contributed by atoms with Crippen LogP contribution >= 0.6 is 0 Å². The summed E-state index contributed by atoms with van der Waals surface area (Å²) in [4.78, 5) is 6.69. The Bertz CT molecular complexity index is 246. The first-order valence-corrected chi connectivity index (χ1v) is 6.04. The number of nitrogens with one attached hydrogen (secondary N) is 1. The molecule has 0 aromatic carbocycles. The molecule has 4 heteroatoms. The summed E-state index contributed by atoms with van der Waals surface area (Å²) in [6.45, 7) is 7.05. The first-order chi connectivity index (χ1) is 7.29. The van der Waals surface area contributed by atoms with Crippen LogP contribution in [0.2, 0.25) is 0 Å². The lowest BCUT2D eigenvalue weighted by Gasteiger charge is -2.24. The van der Waals surface area contributed by atoms with Crippen LogP contribution in [0.5, 0.6) is 0 Å². The van der Waals surface area contributed by atoms with Crippen molar-refractivity contribution in [3.8, 4) is 0 Å². The Morgan fingerprint density at radius 2 is 2.00 bits per heavy atom. The smallest absolute Gasteiger partial charge is 0.189 e. The van der Waals surface area contributed by atoms with Gasteiger partial charge in [-0.25, -0.2) is 0 Å². The van der Waals surface area contributed by atoms with E-state index in [1.807, 2.05) is 0 Å². The van der Waals surface area contributed by atoms with E-state index in [1.54, 1.807) is 0 Å². The number of nitrogens with zero attached hydrogens (tertiary/aromatic N) is 2. The van der Waals surface area contributed by atoms with Crippen LogP contribution in [-0.2, 0) is 0 Å². The van der Waals surface area contributed by atoms with Crippen LogP contribution in [0.1, 0.15) is 33.6 Å². The molecule has 1 rings (SSSR count). The number of rotatable bonds is 4. The molecule has 0 aliphatic heterocycles. The Balaban J connectivity index is 2.43. The van der Waals surface area contributed by atoms with E-state index in [9.17, 15) is 0 Å². The predicted molar refractivity (Wildman–Crippen MR) is 69.6 cm³/mol. The van der Waals surface area contributed by atoms with Gasteiger partial charge >= 0.3 is 0 Å². The van der Waals surface area contributed by atoms with Crippen molar-refractivity contribution in [3.63, 3.8) is 0 Å². The highest BCUT2D eigenvalue weighted by Gasteiger charge is 2.32. The van der Waals surface area contributed by atoms with Crippen molar-refractivity contribution < 1.29 is 0 Å². The van der Waals surface area contributed by atoms with E-state index in [0.717, 1.165) is 12.5 Å². The van der Waals surface area contributed by atoms with Crippen molar-refractivity contribution in [2.24, 2.45) is 16.6 Å². The highest BCUT2D eigenvalue weighted by Crippen LogP contribution is 2.34. The molecule has 0 saturated heterocycles. The number of hydrogen-bond acceptors (Lipinski definition) is 2. The fraction of sp³-hybridized carbons (Fsp3) is 0.917. The molecule has 0 spiro atoms. The van der Waals surface area contributed by atoms with Crippen molar-refractivity contribution in [1.82, 2.24) is 10.2 Å². The van der Waals surface area contributed by atoms with Crippen LogP contribution in [-0.4, -0.2) is 43.1 Å². The van der Waals surface area contributed by atoms with Gasteiger partial charge in [0.1, 0.15) is 0 Å². The minimum absolute atomic E-state index is 0.0131. The average Bonchev–Trinajstić information content (AvgIpc) is 2.83. The molecule has 1 aliphatic carbocycles. The van der Waals surface area contributed by atoms with Crippen molar-refractivity contribution in [3.05, 3.63) is 0 Å². The Hall–Kier alpha value is -0.770. The number of aliphatic imine (C=N–C) groups is 1. The van der Waals surface area contributed by atoms with Crippen LogP contribution in [0, 0.1) is 5.92 Å². The second-order valence-electron chi connectivity index (χ2n) is 5.97. The summed E-state index contributed by atoms with van der Waals surface area (Å²) in [5.74, 6) is 1.38. The molecule has 0 radical (unpaired) electrons. The largest absolute Gasteiger partial charge is 0.370 e. The van der Waals surface area contributed by atoms with Crippen molar-refractivity contribution in [2.75, 3.05) is 20.6 Å². The van der Waals surface area contributed by atoms with Gasteiger partial charge < -0.3 is 16.0 Å². The molecule has 0 amide bonds. The third kappa shape index (κ3) is 4.84. The van der Waals surface area contributed by atoms with Gasteiger partial charge in [0.2, 0.25) is 0 Å². The van der Waals surface area contributed by atoms with E-state index in [2.05, 4.69) is 50.1 Å². The van der Waals surface area contributed by atoms with Crippen LogP contribution in [0.4, 0.5) is 0 Å². The highest BCUT2D eigenvalue weighted by molar-refractivity contribution is 5.78. The van der Waals surface area contributed by atoms with Gasteiger partial charge in [-0.05, 0) is 53.6 Å². The molecule has 0 heterocycles. The normalized spacial score (nSPS) is 20.0. The van der Waals surface area contributed by atoms with E-state index in [-0.39, 0.29) is 5.54 Å². The van der Waals surface area contributed by atoms with E-state index >= 15 is 0 Å². The van der Waals surface area contributed by atoms with Gasteiger partial charge in [0.05, 0.1) is 6.54 Å². The van der Waals surface area contributed by atoms with Gasteiger partial charge in [0.25, 0.3) is 0 Å². The molecular formula is C12H26N4. The highest BCUT2D eigenvalue weighted by atomic mass is 15.2. The molecule has 1 atom stereocenters. The molecule has 3 N–H and O–H groups in total. The number of hydrogen-bond donors (Lipinski definition) is 2. The zero-order valence-electron chi connectivity index (χ0n) is 11.2. The van der Waals surface area contributed by atoms with Gasteiger partial charge in [-0.1, -0.05) is 0 Å². The number of nitrogens with two attached hydrogens (primary N) is 1. The first-order valence-electron chi connectivity index (χ1n) is 6.04. The zero-order chi connectivity index (χ0) is 12.3. The fourth-order valence-corrected chi connectivity index (χ4v) is 1.83. The fourth-order valence-electron chi connectivity index (χ4n) is 1.83. The SMILES string of the molecule is CN(C)C(CN=C(N)NC(C)(C)C)C1CC1. The molecule has 1 aliphatic rings. The van der Waals surface area contributed by atoms with Crippen LogP contribution in [0.25, 0.3) is 0 Å². The molecule has 0 aromatic heterocycles. The van der Waals surface area contributed by atoms with Gasteiger partial charge in [-0.15, -0.1) is 0 Å². The molecular weight excluding hydrogens is 200 g/mol. The first kappa shape index (κ1) is 13.3. The second-order valence-corrected chi connectivity index (χ2v) is 5.97. The van der Waals surface area contributed by atoms with Gasteiger partial charge in [-0.2, -0.15) is 0 Å². The topological polar surface area (TPSA) is 53.6 Å². The lowest BCUT2D eigenvalue weighted by Crippen LogP contribution is -2.45. The molecule has 1 saturated carbocycles. The van der Waals surface area contributed by atoms with Crippen LogP contribution in [0.3, 0.4) is 0 Å². The van der Waals surface area contributed by atoms with Crippen molar-refractivity contribution in [1.29, 1.82) is 0 Å². The molecule has 1 unspecified atom stereocenters. The second kappa shape index (κ2) is 5.04. The molecule has 16 heavy (non-hydrogen) atoms. The molecule has 0 bridgehead atoms. The Morgan fingerprint density at radius 1 is 1.44 bits per heavy atom. The zero-order valence-corrected chi connectivity index (χ0v) is 11.2. The van der Waals surface area contributed by atoms with Crippen LogP contribution < -0.4 is 11.1 Å². The van der Waals surface area contributed by atoms with Crippen molar-refractivity contribution in [2.45, 2.75) is 45.2 Å². The summed E-state index contributed by atoms with van der Waals surface area (Å²) in [6, 6.07) is 0.542. The minimum Gasteiger partial charge on any atom is -0.370 e. The van der Waals surface area contributed by atoms with Gasteiger partial charge in [-0.3, -0.25) is 4.99 Å². The van der Waals surface area contributed by atoms with E-state index in [0.29, 0.717) is 12.0 Å². The predicted octanol–water partition coefficient (Wildman–Crippen LogP) is 1.03. The maximum Gasteiger partial charge on any atom is 0.189 e. The molecule has 4 nitrogen and oxygen atoms in total. The number of likely N-dealkylation sites (N-methyl/N-ethyl adjacent to an activating group) is 1. The lowest BCUT2D eigenvalue weighted by molar-refractivity contribution is 0.271. The van der Waals surface area contributed by atoms with Crippen molar-refractivity contribution >= 4 is 5.96 Å². The summed E-state index contributed by atoms with van der Waals surface area (Å²) < 4.78 is 0. The third-order valence-corrected chi connectivity index (χ3v) is 2.78. The summed E-state index contributed by atoms with van der Waals surface area (Å²) in [7, 11) is 4.23.